The van der Waals surface area contributed by atoms with Crippen molar-refractivity contribution in [3.8, 4) is 0 Å². The van der Waals surface area contributed by atoms with Gasteiger partial charge in [0.15, 0.2) is 0 Å². The fourth-order valence-corrected chi connectivity index (χ4v) is 3.83. The predicted molar refractivity (Wildman–Crippen MR) is 82.3 cm³/mol. The van der Waals surface area contributed by atoms with Crippen LogP contribution in [0.3, 0.4) is 0 Å². The Morgan fingerprint density at radius 2 is 2.14 bits per heavy atom. The molecule has 1 atom stereocenters. The lowest BCUT2D eigenvalue weighted by molar-refractivity contribution is -0.143. The summed E-state index contributed by atoms with van der Waals surface area (Å²) in [7, 11) is 0. The Hall–Kier alpha value is -1.72. The monoisotopic (exact) mass is 302 g/mol. The van der Waals surface area contributed by atoms with Gasteiger partial charge in [0.25, 0.3) is 0 Å². The molecule has 1 N–H and O–H groups in total. The van der Waals surface area contributed by atoms with Gasteiger partial charge in [0, 0.05) is 17.3 Å². The van der Waals surface area contributed by atoms with Crippen molar-refractivity contribution in [2.75, 3.05) is 13.1 Å². The van der Waals surface area contributed by atoms with Crippen molar-refractivity contribution < 1.29 is 9.90 Å². The molecule has 1 fully saturated rings. The van der Waals surface area contributed by atoms with E-state index in [1.807, 2.05) is 12.3 Å². The van der Waals surface area contributed by atoms with Crippen LogP contribution in [0.5, 0.6) is 0 Å². The van der Waals surface area contributed by atoms with E-state index in [1.54, 1.807) is 17.5 Å². The number of likely N-dealkylation sites (tertiary alicyclic amines) is 1. The van der Waals surface area contributed by atoms with Gasteiger partial charge in [-0.2, -0.15) is 0 Å². The van der Waals surface area contributed by atoms with Gasteiger partial charge in [0.2, 0.25) is 0 Å². The highest BCUT2D eigenvalue weighted by molar-refractivity contribution is 7.10. The first-order chi connectivity index (χ1) is 10.3. The van der Waals surface area contributed by atoms with Crippen molar-refractivity contribution in [1.82, 2.24) is 9.88 Å². The van der Waals surface area contributed by atoms with Crippen LogP contribution >= 0.6 is 11.3 Å². The number of aliphatic carboxylic acids is 1. The fraction of sp³-hybridized carbons (Fsp3) is 0.375. The van der Waals surface area contributed by atoms with Crippen LogP contribution in [0.4, 0.5) is 0 Å². The second kappa shape index (κ2) is 6.37. The van der Waals surface area contributed by atoms with Crippen molar-refractivity contribution in [3.05, 3.63) is 52.5 Å². The minimum absolute atomic E-state index is 0.188. The first-order valence-electron chi connectivity index (χ1n) is 7.16. The molecule has 0 aliphatic carbocycles. The number of hydrogen-bond acceptors (Lipinski definition) is 4. The number of carboxylic acids is 1. The van der Waals surface area contributed by atoms with Gasteiger partial charge in [-0.15, -0.1) is 11.3 Å². The molecule has 0 aromatic carbocycles. The zero-order valence-corrected chi connectivity index (χ0v) is 12.5. The van der Waals surface area contributed by atoms with E-state index in [-0.39, 0.29) is 12.0 Å². The summed E-state index contributed by atoms with van der Waals surface area (Å²) in [4.78, 5) is 19.0. The molecule has 0 saturated carbocycles. The van der Waals surface area contributed by atoms with E-state index in [0.717, 1.165) is 25.9 Å². The predicted octanol–water partition coefficient (Wildman–Crippen LogP) is 3.03. The normalized spacial score (nSPS) is 18.5. The summed E-state index contributed by atoms with van der Waals surface area (Å²) < 4.78 is 0. The second-order valence-electron chi connectivity index (χ2n) is 5.35. The first kappa shape index (κ1) is 14.2. The Labute approximate surface area is 128 Å². The van der Waals surface area contributed by atoms with E-state index in [0.29, 0.717) is 0 Å². The molecule has 2 aromatic rings. The van der Waals surface area contributed by atoms with Crippen LogP contribution < -0.4 is 0 Å². The molecule has 4 nitrogen and oxygen atoms in total. The third kappa shape index (κ3) is 3.14. The summed E-state index contributed by atoms with van der Waals surface area (Å²) in [5.74, 6) is -0.858. The average Bonchev–Trinajstić information content (AvgIpc) is 3.03. The van der Waals surface area contributed by atoms with E-state index < -0.39 is 5.97 Å². The van der Waals surface area contributed by atoms with E-state index in [4.69, 9.17) is 5.11 Å². The summed E-state index contributed by atoms with van der Waals surface area (Å²) in [6.07, 6.45) is 5.13. The van der Waals surface area contributed by atoms with Gasteiger partial charge < -0.3 is 5.11 Å². The van der Waals surface area contributed by atoms with Gasteiger partial charge in [-0.05, 0) is 49.0 Å². The van der Waals surface area contributed by atoms with E-state index >= 15 is 0 Å². The summed E-state index contributed by atoms with van der Waals surface area (Å²) in [5, 5.41) is 11.2. The molecule has 0 bridgehead atoms. The summed E-state index contributed by atoms with van der Waals surface area (Å²) in [5.41, 5.74) is 1.17. The number of carboxylic acid groups (broad SMARTS) is 1. The average molecular weight is 302 g/mol. The number of hydrogen-bond donors (Lipinski definition) is 1. The molecule has 5 heteroatoms. The van der Waals surface area contributed by atoms with Crippen molar-refractivity contribution >= 4 is 17.3 Å². The molecule has 1 aliphatic rings. The Balaban J connectivity index is 1.83. The lowest BCUT2D eigenvalue weighted by Crippen LogP contribution is -2.39. The molecule has 3 heterocycles. The zero-order chi connectivity index (χ0) is 14.7. The lowest BCUT2D eigenvalue weighted by atomic mass is 9.94. The molecule has 2 aromatic heterocycles. The van der Waals surface area contributed by atoms with E-state index in [2.05, 4.69) is 33.5 Å². The molecule has 0 amide bonds. The van der Waals surface area contributed by atoms with Crippen LogP contribution in [0.1, 0.15) is 29.3 Å². The summed E-state index contributed by atoms with van der Waals surface area (Å²) in [6, 6.07) is 8.45. The van der Waals surface area contributed by atoms with Crippen molar-refractivity contribution in [2.45, 2.75) is 18.9 Å². The number of aromatic nitrogens is 1. The SMILES string of the molecule is O=C(O)C1CCN(C(c2cccnc2)c2cccs2)CC1. The van der Waals surface area contributed by atoms with Crippen LogP contribution in [-0.2, 0) is 4.79 Å². The zero-order valence-electron chi connectivity index (χ0n) is 11.7. The third-order valence-electron chi connectivity index (χ3n) is 4.06. The fourth-order valence-electron chi connectivity index (χ4n) is 2.94. The standard InChI is InChI=1S/C16H18N2O2S/c19-16(20)12-5-8-18(9-6-12)15(14-4-2-10-21-14)13-3-1-7-17-11-13/h1-4,7,10-12,15H,5-6,8-9H2,(H,19,20). The maximum Gasteiger partial charge on any atom is 0.306 e. The molecule has 1 aliphatic heterocycles. The number of piperidine rings is 1. The van der Waals surface area contributed by atoms with Crippen LogP contribution in [0.15, 0.2) is 42.0 Å². The number of pyridine rings is 1. The number of thiophene rings is 1. The molecule has 110 valence electrons. The Kier molecular flexibility index (Phi) is 4.31. The van der Waals surface area contributed by atoms with Crippen molar-refractivity contribution in [3.63, 3.8) is 0 Å². The largest absolute Gasteiger partial charge is 0.481 e. The first-order valence-corrected chi connectivity index (χ1v) is 8.04. The van der Waals surface area contributed by atoms with Gasteiger partial charge in [0.05, 0.1) is 12.0 Å². The van der Waals surface area contributed by atoms with E-state index in [1.165, 1.54) is 10.4 Å². The highest BCUT2D eigenvalue weighted by Crippen LogP contribution is 2.34. The number of carbonyl (C=O) groups is 1. The number of nitrogens with zero attached hydrogens (tertiary/aromatic N) is 2. The van der Waals surface area contributed by atoms with Gasteiger partial charge in [-0.3, -0.25) is 14.7 Å². The van der Waals surface area contributed by atoms with Crippen molar-refractivity contribution in [2.24, 2.45) is 5.92 Å². The van der Waals surface area contributed by atoms with E-state index in [9.17, 15) is 4.79 Å². The molecule has 1 saturated heterocycles. The second-order valence-corrected chi connectivity index (χ2v) is 6.33. The quantitative estimate of drug-likeness (QED) is 0.943. The van der Waals surface area contributed by atoms with Gasteiger partial charge in [0.1, 0.15) is 0 Å². The summed E-state index contributed by atoms with van der Waals surface area (Å²) in [6.45, 7) is 1.63. The molecule has 3 rings (SSSR count). The maximum absolute atomic E-state index is 11.1. The van der Waals surface area contributed by atoms with Gasteiger partial charge in [-0.1, -0.05) is 12.1 Å². The Morgan fingerprint density at radius 3 is 2.71 bits per heavy atom. The third-order valence-corrected chi connectivity index (χ3v) is 4.98. The molecule has 0 spiro atoms. The Morgan fingerprint density at radius 1 is 1.33 bits per heavy atom. The molecular weight excluding hydrogens is 284 g/mol. The minimum atomic E-state index is -0.663. The highest BCUT2D eigenvalue weighted by atomic mass is 32.1. The van der Waals surface area contributed by atoms with Crippen molar-refractivity contribution in [1.29, 1.82) is 0 Å². The maximum atomic E-state index is 11.1. The molecule has 21 heavy (non-hydrogen) atoms. The topological polar surface area (TPSA) is 53.4 Å². The Bertz CT molecular complexity index is 578. The lowest BCUT2D eigenvalue weighted by Gasteiger charge is -2.36. The minimum Gasteiger partial charge on any atom is -0.481 e. The summed E-state index contributed by atoms with van der Waals surface area (Å²) >= 11 is 1.74. The van der Waals surface area contributed by atoms with Crippen LogP contribution in [-0.4, -0.2) is 34.0 Å². The number of rotatable bonds is 4. The van der Waals surface area contributed by atoms with Gasteiger partial charge >= 0.3 is 5.97 Å². The highest BCUT2D eigenvalue weighted by Gasteiger charge is 2.30. The van der Waals surface area contributed by atoms with Crippen LogP contribution in [0, 0.1) is 5.92 Å². The smallest absolute Gasteiger partial charge is 0.306 e. The molecular formula is C16H18N2O2S. The van der Waals surface area contributed by atoms with Crippen LogP contribution in [0.2, 0.25) is 0 Å². The molecule has 0 radical (unpaired) electrons. The van der Waals surface area contributed by atoms with Gasteiger partial charge in [-0.25, -0.2) is 0 Å². The van der Waals surface area contributed by atoms with Crippen LogP contribution in [0.25, 0.3) is 0 Å². The molecule has 1 unspecified atom stereocenters.